The van der Waals surface area contributed by atoms with Gasteiger partial charge in [0.05, 0.1) is 12.2 Å². The van der Waals surface area contributed by atoms with Crippen LogP contribution >= 0.6 is 11.8 Å². The van der Waals surface area contributed by atoms with E-state index >= 15 is 0 Å². The Morgan fingerprint density at radius 3 is 2.35 bits per heavy atom. The third-order valence-electron chi connectivity index (χ3n) is 6.60. The van der Waals surface area contributed by atoms with Crippen LogP contribution in [-0.2, 0) is 11.2 Å². The fourth-order valence-corrected chi connectivity index (χ4v) is 6.69. The highest BCUT2D eigenvalue weighted by molar-refractivity contribution is 7.99. The summed E-state index contributed by atoms with van der Waals surface area (Å²) in [6, 6.07) is 10.1. The maximum absolute atomic E-state index is 13.1. The number of nitrogens with zero attached hydrogens (tertiary/aromatic N) is 2. The second-order valence-electron chi connectivity index (χ2n) is 8.53. The molecule has 0 radical (unpaired) electrons. The van der Waals surface area contributed by atoms with Gasteiger partial charge in [-0.25, -0.2) is 0 Å². The minimum Gasteiger partial charge on any atom is -0.416 e. The zero-order valence-electron chi connectivity index (χ0n) is 14.9. The van der Waals surface area contributed by atoms with E-state index in [1.54, 1.807) is 0 Å². The number of aromatic nitrogens is 2. The van der Waals surface area contributed by atoms with E-state index in [-0.39, 0.29) is 5.41 Å². The third-order valence-corrected chi connectivity index (χ3v) is 7.42. The lowest BCUT2D eigenvalue weighted by Gasteiger charge is -2.55. The quantitative estimate of drug-likeness (QED) is 0.701. The number of thioether (sulfide) groups is 1. The van der Waals surface area contributed by atoms with E-state index in [2.05, 4.69) is 10.2 Å². The molecule has 0 amide bonds. The zero-order valence-corrected chi connectivity index (χ0v) is 15.7. The molecule has 0 spiro atoms. The van der Waals surface area contributed by atoms with Gasteiger partial charge in [0.2, 0.25) is 5.89 Å². The minimum absolute atomic E-state index is 0.0331. The van der Waals surface area contributed by atoms with Crippen LogP contribution in [0.25, 0.3) is 0 Å². The number of benzene rings is 1. The van der Waals surface area contributed by atoms with Crippen LogP contribution in [0.5, 0.6) is 0 Å². The molecular weight excluding hydrogens is 344 g/mol. The highest BCUT2D eigenvalue weighted by Gasteiger charge is 2.54. The van der Waals surface area contributed by atoms with Crippen molar-refractivity contribution in [1.82, 2.24) is 10.2 Å². The van der Waals surface area contributed by atoms with Crippen LogP contribution < -0.4 is 0 Å². The Kier molecular flexibility index (Phi) is 4.15. The van der Waals surface area contributed by atoms with Crippen molar-refractivity contribution in [3.05, 3.63) is 41.8 Å². The highest BCUT2D eigenvalue weighted by Crippen LogP contribution is 2.60. The summed E-state index contributed by atoms with van der Waals surface area (Å²) in [6.45, 7) is 0. The maximum atomic E-state index is 13.1. The summed E-state index contributed by atoms with van der Waals surface area (Å²) in [5.41, 5.74) is 1.12. The van der Waals surface area contributed by atoms with E-state index in [4.69, 9.17) is 4.42 Å². The third kappa shape index (κ3) is 3.11. The van der Waals surface area contributed by atoms with Crippen LogP contribution in [0, 0.1) is 23.2 Å². The Hall–Kier alpha value is -1.62. The Morgan fingerprint density at radius 2 is 1.69 bits per heavy atom. The van der Waals surface area contributed by atoms with Gasteiger partial charge in [0.25, 0.3) is 5.22 Å². The van der Waals surface area contributed by atoms with E-state index in [0.29, 0.717) is 29.1 Å². The van der Waals surface area contributed by atoms with Crippen molar-refractivity contribution in [3.63, 3.8) is 0 Å². The molecule has 6 rings (SSSR count). The van der Waals surface area contributed by atoms with E-state index in [1.165, 1.54) is 31.0 Å². The van der Waals surface area contributed by atoms with Crippen LogP contribution in [0.4, 0.5) is 0 Å². The number of hydrogen-bond acceptors (Lipinski definition) is 5. The minimum atomic E-state index is -0.0331. The first-order valence-electron chi connectivity index (χ1n) is 9.71. The fourth-order valence-electron chi connectivity index (χ4n) is 5.87. The van der Waals surface area contributed by atoms with E-state index in [1.807, 2.05) is 30.3 Å². The second-order valence-corrected chi connectivity index (χ2v) is 9.46. The summed E-state index contributed by atoms with van der Waals surface area (Å²) in [7, 11) is 0. The molecule has 4 bridgehead atoms. The lowest BCUT2D eigenvalue weighted by atomic mass is 9.48. The predicted octanol–water partition coefficient (Wildman–Crippen LogP) is 4.54. The largest absolute Gasteiger partial charge is 0.416 e. The molecule has 0 N–H and O–H groups in total. The van der Waals surface area contributed by atoms with Gasteiger partial charge in [0, 0.05) is 5.41 Å². The van der Waals surface area contributed by atoms with Gasteiger partial charge in [-0.3, -0.25) is 4.79 Å². The topological polar surface area (TPSA) is 56.0 Å². The molecule has 4 nitrogen and oxygen atoms in total. The molecule has 0 saturated heterocycles. The van der Waals surface area contributed by atoms with Gasteiger partial charge >= 0.3 is 0 Å². The standard InChI is InChI=1S/C21H24N2O2S/c24-18(21-10-15-6-16(11-21)8-17(7-15)12-21)13-26-20-23-22-19(25-20)9-14-4-2-1-3-5-14/h1-5,15-17H,6-13H2. The number of ketones is 1. The highest BCUT2D eigenvalue weighted by atomic mass is 32.2. The normalized spacial score (nSPS) is 32.1. The van der Waals surface area contributed by atoms with Crippen molar-refractivity contribution in [1.29, 1.82) is 0 Å². The number of carbonyl (C=O) groups excluding carboxylic acids is 1. The summed E-state index contributed by atoms with van der Waals surface area (Å²) in [5, 5.41) is 8.78. The summed E-state index contributed by atoms with van der Waals surface area (Å²) in [6.07, 6.45) is 8.12. The summed E-state index contributed by atoms with van der Waals surface area (Å²) in [4.78, 5) is 13.1. The Labute approximate surface area is 158 Å². The van der Waals surface area contributed by atoms with Crippen LogP contribution in [0.15, 0.2) is 40.0 Å². The molecule has 5 heteroatoms. The van der Waals surface area contributed by atoms with Crippen LogP contribution in [0.2, 0.25) is 0 Å². The van der Waals surface area contributed by atoms with Gasteiger partial charge in [-0.15, -0.1) is 10.2 Å². The van der Waals surface area contributed by atoms with Gasteiger partial charge in [-0.1, -0.05) is 42.1 Å². The predicted molar refractivity (Wildman–Crippen MR) is 99.9 cm³/mol. The van der Waals surface area contributed by atoms with E-state index < -0.39 is 0 Å². The molecule has 2 aromatic rings. The molecule has 0 atom stereocenters. The molecule has 1 aromatic heterocycles. The number of hydrogen-bond donors (Lipinski definition) is 0. The van der Waals surface area contributed by atoms with Crippen molar-refractivity contribution in [3.8, 4) is 0 Å². The van der Waals surface area contributed by atoms with Crippen LogP contribution in [0.3, 0.4) is 0 Å². The Morgan fingerprint density at radius 1 is 1.04 bits per heavy atom. The molecule has 136 valence electrons. The van der Waals surface area contributed by atoms with Gasteiger partial charge in [-0.2, -0.15) is 0 Å². The van der Waals surface area contributed by atoms with Crippen molar-refractivity contribution >= 4 is 17.5 Å². The average Bonchev–Trinajstić information content (AvgIpc) is 3.07. The lowest BCUT2D eigenvalue weighted by Crippen LogP contribution is -2.50. The van der Waals surface area contributed by atoms with Crippen molar-refractivity contribution in [2.45, 2.75) is 50.2 Å². The Balaban J connectivity index is 1.21. The van der Waals surface area contributed by atoms with Gasteiger partial charge in [0.1, 0.15) is 5.78 Å². The molecule has 1 aromatic carbocycles. The first-order valence-corrected chi connectivity index (χ1v) is 10.7. The van der Waals surface area contributed by atoms with Crippen molar-refractivity contribution in [2.75, 3.05) is 5.75 Å². The van der Waals surface area contributed by atoms with E-state index in [0.717, 1.165) is 42.6 Å². The summed E-state index contributed by atoms with van der Waals surface area (Å²) >= 11 is 1.42. The zero-order chi connectivity index (χ0) is 17.6. The smallest absolute Gasteiger partial charge is 0.277 e. The molecule has 0 aliphatic heterocycles. The first-order chi connectivity index (χ1) is 12.7. The van der Waals surface area contributed by atoms with Crippen molar-refractivity contribution in [2.24, 2.45) is 23.2 Å². The fraction of sp³-hybridized carbons (Fsp3) is 0.571. The number of rotatable bonds is 6. The molecule has 4 saturated carbocycles. The molecular formula is C21H24N2O2S. The molecule has 1 heterocycles. The summed E-state index contributed by atoms with van der Waals surface area (Å²) in [5.74, 6) is 3.91. The molecule has 26 heavy (non-hydrogen) atoms. The SMILES string of the molecule is O=C(CSc1nnc(Cc2ccccc2)o1)C12CC3CC(CC(C3)C1)C2. The van der Waals surface area contributed by atoms with Crippen LogP contribution in [0.1, 0.15) is 50.0 Å². The number of carbonyl (C=O) groups is 1. The van der Waals surface area contributed by atoms with Crippen molar-refractivity contribution < 1.29 is 9.21 Å². The maximum Gasteiger partial charge on any atom is 0.277 e. The molecule has 4 aliphatic rings. The van der Waals surface area contributed by atoms with Gasteiger partial charge in [-0.05, 0) is 61.8 Å². The van der Waals surface area contributed by atoms with E-state index in [9.17, 15) is 4.79 Å². The van der Waals surface area contributed by atoms with Gasteiger partial charge in [0.15, 0.2) is 0 Å². The van der Waals surface area contributed by atoms with Gasteiger partial charge < -0.3 is 4.42 Å². The molecule has 4 aliphatic carbocycles. The monoisotopic (exact) mass is 368 g/mol. The van der Waals surface area contributed by atoms with Crippen LogP contribution in [-0.4, -0.2) is 21.7 Å². The molecule has 0 unspecified atom stereocenters. The molecule has 4 fully saturated rings. The summed E-state index contributed by atoms with van der Waals surface area (Å²) < 4.78 is 5.75. The average molecular weight is 369 g/mol. The second kappa shape index (κ2) is 6.52. The number of Topliss-reactive ketones (excluding diaryl/α,β-unsaturated/α-hetero) is 1. The lowest BCUT2D eigenvalue weighted by molar-refractivity contribution is -0.141. The Bertz CT molecular complexity index is 766. The first kappa shape index (κ1) is 16.5.